The molecule has 0 aliphatic heterocycles. The van der Waals surface area contributed by atoms with E-state index in [-0.39, 0.29) is 5.91 Å². The average molecular weight is 395 g/mol. The van der Waals surface area contributed by atoms with Crippen LogP contribution in [0.5, 0.6) is 0 Å². The van der Waals surface area contributed by atoms with Crippen molar-refractivity contribution >= 4 is 5.91 Å². The van der Waals surface area contributed by atoms with Crippen LogP contribution < -0.4 is 5.32 Å². The lowest BCUT2D eigenvalue weighted by molar-refractivity contribution is -0.119. The third-order valence-electron chi connectivity index (χ3n) is 3.06. The first kappa shape index (κ1) is 26.2. The summed E-state index contributed by atoms with van der Waals surface area (Å²) < 4.78 is 37.3. The van der Waals surface area contributed by atoms with Gasteiger partial charge in [0.1, 0.15) is 0 Å². The third-order valence-corrected chi connectivity index (χ3v) is 3.06. The largest absolute Gasteiger partial charge is 0.379 e. The summed E-state index contributed by atoms with van der Waals surface area (Å²) in [7, 11) is 0. The predicted molar refractivity (Wildman–Crippen MR) is 100 cm³/mol. The Morgan fingerprint density at radius 1 is 0.556 bits per heavy atom. The molecule has 0 rings (SSSR count). The Balaban J connectivity index is 2.98. The Hall–Kier alpha value is -0.810. The molecule has 1 N–H and O–H groups in total. The van der Waals surface area contributed by atoms with Gasteiger partial charge in [0, 0.05) is 20.1 Å². The van der Waals surface area contributed by atoms with Crippen molar-refractivity contribution in [1.29, 1.82) is 0 Å². The maximum absolute atomic E-state index is 10.6. The third kappa shape index (κ3) is 25.2. The second-order valence-electron chi connectivity index (χ2n) is 5.35. The van der Waals surface area contributed by atoms with Gasteiger partial charge in [-0.3, -0.25) is 4.79 Å². The Morgan fingerprint density at radius 3 is 1.15 bits per heavy atom. The highest BCUT2D eigenvalue weighted by atomic mass is 16.6. The lowest BCUT2D eigenvalue weighted by atomic mass is 10.6. The minimum absolute atomic E-state index is 0.0535. The quantitative estimate of drug-likeness (QED) is 0.261. The normalized spacial score (nSPS) is 11.0. The van der Waals surface area contributed by atoms with Crippen molar-refractivity contribution in [1.82, 2.24) is 5.32 Å². The van der Waals surface area contributed by atoms with Crippen LogP contribution >= 0.6 is 0 Å². The first-order chi connectivity index (χ1) is 13.3. The molecule has 0 aromatic carbocycles. The van der Waals surface area contributed by atoms with Gasteiger partial charge in [-0.25, -0.2) is 0 Å². The molecule has 0 aromatic heterocycles. The number of hydrogen-bond acceptors (Lipinski definition) is 8. The van der Waals surface area contributed by atoms with E-state index in [9.17, 15) is 4.79 Å². The molecule has 0 aromatic rings. The summed E-state index contributed by atoms with van der Waals surface area (Å²) in [5, 5.41) is 2.65. The SMILES string of the molecule is CCOCCOCCOCCOCCOCCOCCOCCNC(C)=O. The van der Waals surface area contributed by atoms with Crippen LogP contribution in [0.15, 0.2) is 0 Å². The minimum atomic E-state index is -0.0535. The summed E-state index contributed by atoms with van der Waals surface area (Å²) in [5.41, 5.74) is 0. The van der Waals surface area contributed by atoms with Crippen LogP contribution in [0.2, 0.25) is 0 Å². The Bertz CT molecular complexity index is 307. The number of carbonyl (C=O) groups is 1. The van der Waals surface area contributed by atoms with E-state index in [1.54, 1.807) is 0 Å². The first-order valence-electron chi connectivity index (χ1n) is 9.56. The lowest BCUT2D eigenvalue weighted by Crippen LogP contribution is -2.25. The fourth-order valence-electron chi connectivity index (χ4n) is 1.76. The van der Waals surface area contributed by atoms with Crippen LogP contribution in [0.1, 0.15) is 13.8 Å². The molecule has 0 spiro atoms. The highest BCUT2D eigenvalue weighted by Crippen LogP contribution is 1.85. The zero-order valence-corrected chi connectivity index (χ0v) is 16.9. The van der Waals surface area contributed by atoms with Crippen molar-refractivity contribution in [3.05, 3.63) is 0 Å². The molecule has 0 heterocycles. The van der Waals surface area contributed by atoms with Crippen molar-refractivity contribution in [2.24, 2.45) is 0 Å². The molecule has 0 unspecified atom stereocenters. The number of nitrogens with one attached hydrogen (secondary N) is 1. The lowest BCUT2D eigenvalue weighted by Gasteiger charge is -2.08. The summed E-state index contributed by atoms with van der Waals surface area (Å²) in [5.74, 6) is -0.0535. The number of hydrogen-bond donors (Lipinski definition) is 1. The molecule has 0 radical (unpaired) electrons. The molecule has 9 heteroatoms. The summed E-state index contributed by atoms with van der Waals surface area (Å²) in [6.45, 7) is 11.7. The van der Waals surface area contributed by atoms with Gasteiger partial charge in [0.05, 0.1) is 85.9 Å². The standard InChI is InChI=1S/C18H37NO8/c1-3-21-6-7-23-10-11-25-14-15-27-17-16-26-13-12-24-9-8-22-5-4-19-18(2)20/h3-17H2,1-2H3,(H,19,20). The van der Waals surface area contributed by atoms with E-state index < -0.39 is 0 Å². The second kappa shape index (κ2) is 23.2. The van der Waals surface area contributed by atoms with Crippen LogP contribution in [0.25, 0.3) is 0 Å². The molecule has 0 fully saturated rings. The average Bonchev–Trinajstić information content (AvgIpc) is 2.65. The van der Waals surface area contributed by atoms with Gasteiger partial charge < -0.3 is 38.5 Å². The van der Waals surface area contributed by atoms with Crippen molar-refractivity contribution in [3.8, 4) is 0 Å². The van der Waals surface area contributed by atoms with Crippen molar-refractivity contribution in [2.75, 3.05) is 99.0 Å². The van der Waals surface area contributed by atoms with Gasteiger partial charge >= 0.3 is 0 Å². The zero-order chi connectivity index (χ0) is 19.8. The van der Waals surface area contributed by atoms with Crippen LogP contribution in [0.4, 0.5) is 0 Å². The molecule has 0 aliphatic rings. The number of amides is 1. The molecule has 0 saturated carbocycles. The highest BCUT2D eigenvalue weighted by molar-refractivity contribution is 5.72. The number of rotatable bonds is 22. The Labute approximate surface area is 162 Å². The molecule has 162 valence electrons. The molecular formula is C18H37NO8. The van der Waals surface area contributed by atoms with Gasteiger partial charge in [0.25, 0.3) is 0 Å². The molecule has 0 bridgehead atoms. The monoisotopic (exact) mass is 395 g/mol. The molecule has 9 nitrogen and oxygen atoms in total. The van der Waals surface area contributed by atoms with Crippen molar-refractivity contribution < 1.29 is 38.0 Å². The van der Waals surface area contributed by atoms with Crippen molar-refractivity contribution in [2.45, 2.75) is 13.8 Å². The van der Waals surface area contributed by atoms with Gasteiger partial charge in [0.15, 0.2) is 0 Å². The van der Waals surface area contributed by atoms with Gasteiger partial charge in [-0.15, -0.1) is 0 Å². The summed E-state index contributed by atoms with van der Waals surface area (Å²) >= 11 is 0. The number of ether oxygens (including phenoxy) is 7. The summed E-state index contributed by atoms with van der Waals surface area (Å²) in [6.07, 6.45) is 0. The molecule has 0 saturated heterocycles. The summed E-state index contributed by atoms with van der Waals surface area (Å²) in [4.78, 5) is 10.6. The second-order valence-corrected chi connectivity index (χ2v) is 5.35. The molecule has 1 amide bonds. The van der Waals surface area contributed by atoms with E-state index in [4.69, 9.17) is 33.2 Å². The fraction of sp³-hybridized carbons (Fsp3) is 0.944. The van der Waals surface area contributed by atoms with Crippen LogP contribution in [-0.4, -0.2) is 105 Å². The molecule has 0 atom stereocenters. The maximum Gasteiger partial charge on any atom is 0.216 e. The van der Waals surface area contributed by atoms with E-state index in [0.717, 1.165) is 0 Å². The number of carbonyl (C=O) groups excluding carboxylic acids is 1. The van der Waals surface area contributed by atoms with E-state index in [1.165, 1.54) is 6.92 Å². The molecule has 0 aliphatic carbocycles. The van der Waals surface area contributed by atoms with Gasteiger partial charge in [0.2, 0.25) is 5.91 Å². The van der Waals surface area contributed by atoms with E-state index >= 15 is 0 Å². The van der Waals surface area contributed by atoms with Gasteiger partial charge in [-0.05, 0) is 6.92 Å². The Kier molecular flexibility index (Phi) is 22.5. The Morgan fingerprint density at radius 2 is 0.852 bits per heavy atom. The topological polar surface area (TPSA) is 93.7 Å². The molecule has 27 heavy (non-hydrogen) atoms. The summed E-state index contributed by atoms with van der Waals surface area (Å²) in [6, 6.07) is 0. The van der Waals surface area contributed by atoms with Crippen molar-refractivity contribution in [3.63, 3.8) is 0 Å². The molecular weight excluding hydrogens is 358 g/mol. The van der Waals surface area contributed by atoms with Crippen LogP contribution in [0.3, 0.4) is 0 Å². The smallest absolute Gasteiger partial charge is 0.216 e. The van der Waals surface area contributed by atoms with E-state index in [1.807, 2.05) is 6.92 Å². The van der Waals surface area contributed by atoms with Crippen LogP contribution in [0, 0.1) is 0 Å². The predicted octanol–water partition coefficient (Wildman–Crippen LogP) is 0.259. The van der Waals surface area contributed by atoms with Crippen LogP contribution in [-0.2, 0) is 38.0 Å². The van der Waals surface area contributed by atoms with E-state index in [0.29, 0.717) is 99.0 Å². The minimum Gasteiger partial charge on any atom is -0.379 e. The van der Waals surface area contributed by atoms with Gasteiger partial charge in [-0.1, -0.05) is 0 Å². The highest BCUT2D eigenvalue weighted by Gasteiger charge is 1.95. The van der Waals surface area contributed by atoms with E-state index in [2.05, 4.69) is 5.32 Å². The van der Waals surface area contributed by atoms with Gasteiger partial charge in [-0.2, -0.15) is 0 Å². The fourth-order valence-corrected chi connectivity index (χ4v) is 1.76. The first-order valence-corrected chi connectivity index (χ1v) is 9.56. The maximum atomic E-state index is 10.6. The zero-order valence-electron chi connectivity index (χ0n) is 16.9.